The van der Waals surface area contributed by atoms with Crippen LogP contribution < -0.4 is 0 Å². The molecule has 0 aromatic carbocycles. The summed E-state index contributed by atoms with van der Waals surface area (Å²) in [4.78, 5) is 22.1. The second kappa shape index (κ2) is 7.21. The number of hydrogen-bond acceptors (Lipinski definition) is 6. The van der Waals surface area contributed by atoms with E-state index in [1.165, 1.54) is 11.8 Å². The van der Waals surface area contributed by atoms with Crippen LogP contribution in [0, 0.1) is 0 Å². The number of hydrogen-bond donors (Lipinski definition) is 0. The van der Waals surface area contributed by atoms with E-state index in [0.29, 0.717) is 24.0 Å². The third-order valence-corrected chi connectivity index (χ3v) is 3.69. The molecule has 0 saturated carbocycles. The summed E-state index contributed by atoms with van der Waals surface area (Å²) in [7, 11) is 1.73. The van der Waals surface area contributed by atoms with E-state index in [1.54, 1.807) is 18.1 Å². The van der Waals surface area contributed by atoms with Gasteiger partial charge in [-0.3, -0.25) is 4.79 Å². The minimum Gasteiger partial charge on any atom is -0.339 e. The average molecular weight is 306 g/mol. The highest BCUT2D eigenvalue weighted by molar-refractivity contribution is 7.99. The van der Waals surface area contributed by atoms with Gasteiger partial charge in [0.2, 0.25) is 11.8 Å². The zero-order valence-corrected chi connectivity index (χ0v) is 13.1. The van der Waals surface area contributed by atoms with Crippen molar-refractivity contribution in [2.75, 3.05) is 12.8 Å². The second-order valence-corrected chi connectivity index (χ2v) is 5.91. The number of carbonyl (C=O) groups is 1. The lowest BCUT2D eigenvalue weighted by Gasteiger charge is -2.14. The Balaban J connectivity index is 1.84. The number of pyridine rings is 1. The summed E-state index contributed by atoms with van der Waals surface area (Å²) in [5.74, 6) is 1.64. The molecular weight excluding hydrogens is 288 g/mol. The molecule has 0 spiro atoms. The topological polar surface area (TPSA) is 72.1 Å². The van der Waals surface area contributed by atoms with Gasteiger partial charge in [-0.15, -0.1) is 0 Å². The largest absolute Gasteiger partial charge is 0.339 e. The van der Waals surface area contributed by atoms with Gasteiger partial charge in [-0.2, -0.15) is 4.98 Å². The Hall–Kier alpha value is -1.89. The van der Waals surface area contributed by atoms with Crippen LogP contribution in [0.5, 0.6) is 0 Å². The average Bonchev–Trinajstić information content (AvgIpc) is 2.94. The molecule has 0 fully saturated rings. The lowest BCUT2D eigenvalue weighted by Crippen LogP contribution is -2.28. The molecule has 0 aliphatic rings. The quantitative estimate of drug-likeness (QED) is 0.763. The number of rotatable bonds is 6. The maximum atomic E-state index is 12.1. The van der Waals surface area contributed by atoms with E-state index in [2.05, 4.69) is 15.1 Å². The van der Waals surface area contributed by atoms with Crippen LogP contribution in [0.2, 0.25) is 0 Å². The van der Waals surface area contributed by atoms with Gasteiger partial charge in [-0.05, 0) is 12.1 Å². The van der Waals surface area contributed by atoms with Gasteiger partial charge in [-0.1, -0.05) is 36.8 Å². The third-order valence-electron chi connectivity index (χ3n) is 2.76. The van der Waals surface area contributed by atoms with Gasteiger partial charge in [0.1, 0.15) is 0 Å². The predicted molar refractivity (Wildman–Crippen MR) is 79.8 cm³/mol. The van der Waals surface area contributed by atoms with Crippen molar-refractivity contribution in [3.63, 3.8) is 0 Å². The molecule has 0 saturated heterocycles. The van der Waals surface area contributed by atoms with Gasteiger partial charge in [0.25, 0.3) is 0 Å². The van der Waals surface area contributed by atoms with E-state index in [9.17, 15) is 4.79 Å². The van der Waals surface area contributed by atoms with Gasteiger partial charge in [0.15, 0.2) is 5.82 Å². The molecule has 7 heteroatoms. The minimum absolute atomic E-state index is 0.00144. The van der Waals surface area contributed by atoms with E-state index in [-0.39, 0.29) is 11.8 Å². The Labute approximate surface area is 127 Å². The first-order valence-corrected chi connectivity index (χ1v) is 7.65. The van der Waals surface area contributed by atoms with E-state index >= 15 is 0 Å². The fraction of sp³-hybridized carbons (Fsp3) is 0.429. The van der Waals surface area contributed by atoms with Crippen molar-refractivity contribution >= 4 is 17.7 Å². The lowest BCUT2D eigenvalue weighted by atomic mass is 10.2. The molecule has 21 heavy (non-hydrogen) atoms. The first-order valence-electron chi connectivity index (χ1n) is 6.66. The number of thioether (sulfide) groups is 1. The smallest absolute Gasteiger partial charge is 0.233 e. The molecular formula is C14H18N4O2S. The van der Waals surface area contributed by atoms with Crippen molar-refractivity contribution < 1.29 is 9.32 Å². The fourth-order valence-corrected chi connectivity index (χ4v) is 2.35. The highest BCUT2D eigenvalue weighted by atomic mass is 32.2. The normalized spacial score (nSPS) is 10.9. The molecule has 0 aliphatic carbocycles. The van der Waals surface area contributed by atoms with Gasteiger partial charge < -0.3 is 9.42 Å². The molecule has 6 nitrogen and oxygen atoms in total. The molecule has 2 aromatic heterocycles. The van der Waals surface area contributed by atoms with E-state index in [4.69, 9.17) is 4.52 Å². The predicted octanol–water partition coefficient (Wildman–Crippen LogP) is 2.34. The Bertz CT molecular complexity index is 586. The van der Waals surface area contributed by atoms with E-state index < -0.39 is 0 Å². The molecule has 2 aromatic rings. The molecule has 0 atom stereocenters. The van der Waals surface area contributed by atoms with Crippen LogP contribution >= 0.6 is 11.8 Å². The Morgan fingerprint density at radius 3 is 2.86 bits per heavy atom. The Kier molecular flexibility index (Phi) is 5.32. The van der Waals surface area contributed by atoms with E-state index in [1.807, 2.05) is 32.0 Å². The zero-order valence-electron chi connectivity index (χ0n) is 12.3. The van der Waals surface area contributed by atoms with Crippen LogP contribution in [-0.2, 0) is 11.3 Å². The molecule has 1 amide bonds. The summed E-state index contributed by atoms with van der Waals surface area (Å²) < 4.78 is 5.12. The molecule has 0 unspecified atom stereocenters. The maximum Gasteiger partial charge on any atom is 0.233 e. The highest BCUT2D eigenvalue weighted by Crippen LogP contribution is 2.15. The standard InChI is InChI=1S/C14H18N4O2S/c1-10(2)14-16-11(17-20-14)8-18(3)13(19)9-21-12-6-4-5-7-15-12/h4-7,10H,8-9H2,1-3H3. The van der Waals surface area contributed by atoms with Crippen molar-refractivity contribution in [1.29, 1.82) is 0 Å². The van der Waals surface area contributed by atoms with E-state index in [0.717, 1.165) is 5.03 Å². The number of amides is 1. The number of carbonyl (C=O) groups excluding carboxylic acids is 1. The van der Waals surface area contributed by atoms with Crippen molar-refractivity contribution in [3.05, 3.63) is 36.1 Å². The molecule has 0 N–H and O–H groups in total. The first-order chi connectivity index (χ1) is 10.1. The summed E-state index contributed by atoms with van der Waals surface area (Å²) in [6, 6.07) is 5.63. The Morgan fingerprint density at radius 1 is 1.43 bits per heavy atom. The Morgan fingerprint density at radius 2 is 2.24 bits per heavy atom. The summed E-state index contributed by atoms with van der Waals surface area (Å²) in [5, 5.41) is 4.71. The van der Waals surface area contributed by atoms with Gasteiger partial charge in [0.05, 0.1) is 17.3 Å². The second-order valence-electron chi connectivity index (χ2n) is 4.91. The summed E-state index contributed by atoms with van der Waals surface area (Å²) in [5.41, 5.74) is 0. The third kappa shape index (κ3) is 4.56. The minimum atomic E-state index is 0.00144. The van der Waals surface area contributed by atoms with Crippen molar-refractivity contribution in [3.8, 4) is 0 Å². The molecule has 2 rings (SSSR count). The zero-order chi connectivity index (χ0) is 15.2. The summed E-state index contributed by atoms with van der Waals surface area (Å²) in [6.07, 6.45) is 1.71. The molecule has 0 radical (unpaired) electrons. The van der Waals surface area contributed by atoms with Crippen LogP contribution in [0.3, 0.4) is 0 Å². The van der Waals surface area contributed by atoms with Crippen LogP contribution in [-0.4, -0.2) is 38.7 Å². The van der Waals surface area contributed by atoms with Crippen molar-refractivity contribution in [2.45, 2.75) is 31.3 Å². The van der Waals surface area contributed by atoms with Crippen molar-refractivity contribution in [2.24, 2.45) is 0 Å². The van der Waals surface area contributed by atoms with Gasteiger partial charge >= 0.3 is 0 Å². The SMILES string of the molecule is CC(C)c1nc(CN(C)C(=O)CSc2ccccn2)no1. The van der Waals surface area contributed by atoms with Crippen LogP contribution in [0.25, 0.3) is 0 Å². The maximum absolute atomic E-state index is 12.1. The van der Waals surface area contributed by atoms with Gasteiger partial charge in [-0.25, -0.2) is 4.98 Å². The first kappa shape index (κ1) is 15.5. The fourth-order valence-electron chi connectivity index (χ4n) is 1.54. The van der Waals surface area contributed by atoms with Crippen LogP contribution in [0.1, 0.15) is 31.5 Å². The summed E-state index contributed by atoms with van der Waals surface area (Å²) in [6.45, 7) is 4.31. The van der Waals surface area contributed by atoms with Crippen molar-refractivity contribution in [1.82, 2.24) is 20.0 Å². The molecule has 2 heterocycles. The highest BCUT2D eigenvalue weighted by Gasteiger charge is 2.15. The summed E-state index contributed by atoms with van der Waals surface area (Å²) >= 11 is 1.41. The monoisotopic (exact) mass is 306 g/mol. The molecule has 112 valence electrons. The van der Waals surface area contributed by atoms with Crippen LogP contribution in [0.15, 0.2) is 33.9 Å². The van der Waals surface area contributed by atoms with Crippen LogP contribution in [0.4, 0.5) is 0 Å². The number of nitrogens with zero attached hydrogens (tertiary/aromatic N) is 4. The molecule has 0 bridgehead atoms. The van der Waals surface area contributed by atoms with Gasteiger partial charge in [0, 0.05) is 19.2 Å². The molecule has 0 aliphatic heterocycles. The lowest BCUT2D eigenvalue weighted by molar-refractivity contribution is -0.127. The number of aromatic nitrogens is 3.